The summed E-state index contributed by atoms with van der Waals surface area (Å²) >= 11 is 0. The molecule has 0 aromatic heterocycles. The number of rotatable bonds is 3. The van der Waals surface area contributed by atoms with Crippen molar-refractivity contribution in [3.05, 3.63) is 29.8 Å². The number of hydrogen-bond acceptors (Lipinski definition) is 4. The van der Waals surface area contributed by atoms with E-state index in [-0.39, 0.29) is 10.5 Å². The van der Waals surface area contributed by atoms with Crippen molar-refractivity contribution in [1.29, 1.82) is 0 Å². The molecule has 0 aliphatic carbocycles. The van der Waals surface area contributed by atoms with Gasteiger partial charge in [-0.3, -0.25) is 0 Å². The first-order chi connectivity index (χ1) is 9.81. The Morgan fingerprint density at radius 3 is 1.95 bits per heavy atom. The second-order valence-electron chi connectivity index (χ2n) is 7.13. The van der Waals surface area contributed by atoms with E-state index >= 15 is 0 Å². The van der Waals surface area contributed by atoms with Gasteiger partial charge >= 0.3 is 5.97 Å². The van der Waals surface area contributed by atoms with Crippen LogP contribution in [0.5, 0.6) is 0 Å². The fraction of sp³-hybridized carbons (Fsp3) is 0.562. The van der Waals surface area contributed by atoms with E-state index in [0.29, 0.717) is 0 Å². The number of methoxy groups -OCH3 is 1. The molecule has 0 unspecified atom stereocenters. The largest absolute Gasteiger partial charge is 0.465 e. The SMILES string of the molecule is COC(=O)c1cccc(S(=O)(=O)N(C(C)(C)C)C(C)(C)C)c1. The summed E-state index contributed by atoms with van der Waals surface area (Å²) in [4.78, 5) is 11.7. The number of nitrogens with zero attached hydrogens (tertiary/aromatic N) is 1. The molecule has 0 saturated heterocycles. The molecule has 1 aromatic carbocycles. The van der Waals surface area contributed by atoms with Gasteiger partial charge in [0.15, 0.2) is 0 Å². The summed E-state index contributed by atoms with van der Waals surface area (Å²) < 4.78 is 32.2. The third kappa shape index (κ3) is 3.87. The van der Waals surface area contributed by atoms with Crippen LogP contribution in [0.2, 0.25) is 0 Å². The van der Waals surface area contributed by atoms with Crippen LogP contribution in [0.4, 0.5) is 0 Å². The molecule has 0 N–H and O–H groups in total. The van der Waals surface area contributed by atoms with Crippen LogP contribution >= 0.6 is 0 Å². The Kier molecular flexibility index (Phi) is 5.09. The monoisotopic (exact) mass is 327 g/mol. The Morgan fingerprint density at radius 1 is 1.05 bits per heavy atom. The zero-order chi connectivity index (χ0) is 17.3. The zero-order valence-electron chi connectivity index (χ0n) is 14.3. The van der Waals surface area contributed by atoms with Crippen molar-refractivity contribution in [1.82, 2.24) is 4.31 Å². The smallest absolute Gasteiger partial charge is 0.337 e. The molecule has 0 spiro atoms. The van der Waals surface area contributed by atoms with E-state index in [2.05, 4.69) is 4.74 Å². The van der Waals surface area contributed by atoms with Crippen molar-refractivity contribution >= 4 is 16.0 Å². The van der Waals surface area contributed by atoms with Crippen molar-refractivity contribution in [2.75, 3.05) is 7.11 Å². The minimum Gasteiger partial charge on any atom is -0.465 e. The van der Waals surface area contributed by atoms with E-state index in [1.807, 2.05) is 41.5 Å². The first-order valence-corrected chi connectivity index (χ1v) is 8.50. The third-order valence-corrected chi connectivity index (χ3v) is 5.44. The summed E-state index contributed by atoms with van der Waals surface area (Å²) in [5, 5.41) is 0. The fourth-order valence-corrected chi connectivity index (χ4v) is 4.91. The van der Waals surface area contributed by atoms with Gasteiger partial charge in [-0.2, -0.15) is 4.31 Å². The first-order valence-electron chi connectivity index (χ1n) is 7.06. The van der Waals surface area contributed by atoms with Gasteiger partial charge < -0.3 is 4.74 Å². The van der Waals surface area contributed by atoms with Gasteiger partial charge in [0.05, 0.1) is 17.6 Å². The van der Waals surface area contributed by atoms with Gasteiger partial charge in [-0.25, -0.2) is 13.2 Å². The predicted molar refractivity (Wildman–Crippen MR) is 86.3 cm³/mol. The van der Waals surface area contributed by atoms with Crippen LogP contribution < -0.4 is 0 Å². The molecular formula is C16H25NO4S. The van der Waals surface area contributed by atoms with E-state index in [1.165, 1.54) is 29.6 Å². The number of esters is 1. The molecule has 0 amide bonds. The third-order valence-electron chi connectivity index (χ3n) is 3.01. The number of ether oxygens (including phenoxy) is 1. The van der Waals surface area contributed by atoms with Crippen molar-refractivity contribution in [2.24, 2.45) is 0 Å². The summed E-state index contributed by atoms with van der Waals surface area (Å²) in [5.74, 6) is -0.560. The lowest BCUT2D eigenvalue weighted by atomic mass is 10.0. The van der Waals surface area contributed by atoms with E-state index in [0.717, 1.165) is 0 Å². The minimum atomic E-state index is -3.76. The highest BCUT2D eigenvalue weighted by Crippen LogP contribution is 2.32. The van der Waals surface area contributed by atoms with E-state index in [4.69, 9.17) is 0 Å². The van der Waals surface area contributed by atoms with Crippen molar-refractivity contribution in [3.8, 4) is 0 Å². The van der Waals surface area contributed by atoms with Gasteiger partial charge in [-0.1, -0.05) is 6.07 Å². The topological polar surface area (TPSA) is 63.7 Å². The fourth-order valence-electron chi connectivity index (χ4n) is 2.73. The Morgan fingerprint density at radius 2 is 1.55 bits per heavy atom. The second-order valence-corrected chi connectivity index (χ2v) is 8.92. The van der Waals surface area contributed by atoms with Gasteiger partial charge in [0.2, 0.25) is 10.0 Å². The van der Waals surface area contributed by atoms with Crippen LogP contribution in [0.3, 0.4) is 0 Å². The van der Waals surface area contributed by atoms with Gasteiger partial charge in [0.1, 0.15) is 0 Å². The van der Waals surface area contributed by atoms with Gasteiger partial charge in [-0.05, 0) is 59.7 Å². The Bertz CT molecular complexity index is 637. The summed E-state index contributed by atoms with van der Waals surface area (Å²) in [6.45, 7) is 11.1. The highest BCUT2D eigenvalue weighted by atomic mass is 32.2. The number of carbonyl (C=O) groups is 1. The Labute approximate surface area is 133 Å². The van der Waals surface area contributed by atoms with Crippen molar-refractivity contribution in [3.63, 3.8) is 0 Å². The maximum absolute atomic E-state index is 13.1. The van der Waals surface area contributed by atoms with Crippen LogP contribution in [0, 0.1) is 0 Å². The molecule has 0 saturated carbocycles. The molecule has 5 nitrogen and oxygen atoms in total. The molecule has 6 heteroatoms. The highest BCUT2D eigenvalue weighted by molar-refractivity contribution is 7.89. The van der Waals surface area contributed by atoms with Crippen LogP contribution in [0.15, 0.2) is 29.2 Å². The lowest BCUT2D eigenvalue weighted by molar-refractivity contribution is 0.0600. The molecule has 0 bridgehead atoms. The van der Waals surface area contributed by atoms with Crippen molar-refractivity contribution < 1.29 is 17.9 Å². The molecule has 124 valence electrons. The number of carbonyl (C=O) groups excluding carboxylic acids is 1. The normalized spacial score (nSPS) is 13.3. The molecule has 22 heavy (non-hydrogen) atoms. The van der Waals surface area contributed by atoms with E-state index < -0.39 is 27.1 Å². The average molecular weight is 327 g/mol. The molecule has 0 fully saturated rings. The van der Waals surface area contributed by atoms with Crippen LogP contribution in [-0.2, 0) is 14.8 Å². The number of sulfonamides is 1. The predicted octanol–water partition coefficient (Wildman–Crippen LogP) is 3.06. The Balaban J connectivity index is 3.48. The summed E-state index contributed by atoms with van der Waals surface area (Å²) in [6, 6.07) is 5.92. The molecule has 0 aliphatic heterocycles. The zero-order valence-corrected chi connectivity index (χ0v) is 15.1. The molecule has 0 atom stereocenters. The van der Waals surface area contributed by atoms with Gasteiger partial charge in [0.25, 0.3) is 0 Å². The summed E-state index contributed by atoms with van der Waals surface area (Å²) in [7, 11) is -2.49. The minimum absolute atomic E-state index is 0.0836. The Hall–Kier alpha value is -1.40. The molecule has 1 aromatic rings. The van der Waals surface area contributed by atoms with E-state index in [9.17, 15) is 13.2 Å². The maximum atomic E-state index is 13.1. The average Bonchev–Trinajstić information content (AvgIpc) is 2.33. The van der Waals surface area contributed by atoms with E-state index in [1.54, 1.807) is 6.07 Å². The lowest BCUT2D eigenvalue weighted by Crippen LogP contribution is -2.55. The highest BCUT2D eigenvalue weighted by Gasteiger charge is 2.41. The quantitative estimate of drug-likeness (QED) is 0.800. The summed E-state index contributed by atoms with van der Waals surface area (Å²) in [6.07, 6.45) is 0. The maximum Gasteiger partial charge on any atom is 0.337 e. The standard InChI is InChI=1S/C16H25NO4S/c1-15(2,3)17(16(4,5)6)22(19,20)13-10-8-9-12(11-13)14(18)21-7/h8-11H,1-7H3. The number of benzene rings is 1. The number of hydrogen-bond donors (Lipinski definition) is 0. The van der Waals surface area contributed by atoms with Gasteiger partial charge in [0, 0.05) is 11.1 Å². The van der Waals surface area contributed by atoms with Crippen LogP contribution in [0.1, 0.15) is 51.9 Å². The molecule has 0 radical (unpaired) electrons. The van der Waals surface area contributed by atoms with Crippen molar-refractivity contribution in [2.45, 2.75) is 57.5 Å². The molecule has 0 aliphatic rings. The second kappa shape index (κ2) is 6.01. The van der Waals surface area contributed by atoms with Crippen LogP contribution in [0.25, 0.3) is 0 Å². The first kappa shape index (κ1) is 18.6. The van der Waals surface area contributed by atoms with Crippen LogP contribution in [-0.4, -0.2) is 36.9 Å². The lowest BCUT2D eigenvalue weighted by Gasteiger charge is -2.43. The molecular weight excluding hydrogens is 302 g/mol. The molecule has 0 heterocycles. The summed E-state index contributed by atoms with van der Waals surface area (Å²) in [5.41, 5.74) is -0.984. The molecule has 1 rings (SSSR count). The van der Waals surface area contributed by atoms with Gasteiger partial charge in [-0.15, -0.1) is 0 Å².